The molecule has 8 nitrogen and oxygen atoms in total. The Labute approximate surface area is 181 Å². The third kappa shape index (κ3) is 9.21. The number of sulfonamides is 1. The van der Waals surface area contributed by atoms with Gasteiger partial charge in [0.25, 0.3) is 0 Å². The Morgan fingerprint density at radius 2 is 1.70 bits per heavy atom. The molecule has 0 radical (unpaired) electrons. The van der Waals surface area contributed by atoms with Gasteiger partial charge in [-0.1, -0.05) is 25.7 Å². The van der Waals surface area contributed by atoms with Gasteiger partial charge in [-0.15, -0.1) is 0 Å². The Kier molecular flexibility index (Phi) is 10.4. The number of nitrogen functional groups attached to an aromatic ring is 1. The molecule has 0 aliphatic heterocycles. The number of unbranched alkanes of at least 4 members (excludes halogenated alkanes) is 5. The second-order valence-electron chi connectivity index (χ2n) is 8.28. The molecular weight excluding hydrogens is 406 g/mol. The maximum absolute atomic E-state index is 12.7. The number of nitrogens with two attached hydrogens (primary N) is 1. The average Bonchev–Trinajstić information content (AvgIpc) is 2.65. The lowest BCUT2D eigenvalue weighted by atomic mass is 10.1. The van der Waals surface area contributed by atoms with E-state index in [1.54, 1.807) is 7.05 Å². The number of benzene rings is 1. The monoisotopic (exact) mass is 443 g/mol. The van der Waals surface area contributed by atoms with Gasteiger partial charge in [0, 0.05) is 26.2 Å². The van der Waals surface area contributed by atoms with Crippen molar-refractivity contribution >= 4 is 21.8 Å². The van der Waals surface area contributed by atoms with E-state index in [1.807, 2.05) is 20.8 Å². The molecule has 0 saturated carbocycles. The third-order valence-corrected chi connectivity index (χ3v) is 6.33. The van der Waals surface area contributed by atoms with Crippen LogP contribution in [0.4, 0.5) is 10.5 Å². The van der Waals surface area contributed by atoms with E-state index < -0.39 is 15.6 Å². The minimum atomic E-state index is -3.57. The van der Waals surface area contributed by atoms with Crippen molar-refractivity contribution in [2.75, 3.05) is 33.0 Å². The van der Waals surface area contributed by atoms with Crippen molar-refractivity contribution in [3.8, 4) is 5.75 Å². The van der Waals surface area contributed by atoms with Crippen molar-refractivity contribution in [3.63, 3.8) is 0 Å². The quantitative estimate of drug-likeness (QED) is 0.376. The van der Waals surface area contributed by atoms with E-state index >= 15 is 0 Å². The zero-order valence-electron chi connectivity index (χ0n) is 18.9. The van der Waals surface area contributed by atoms with Gasteiger partial charge in [-0.3, -0.25) is 0 Å². The molecule has 1 aromatic rings. The third-order valence-electron chi connectivity index (χ3n) is 4.48. The summed E-state index contributed by atoms with van der Waals surface area (Å²) in [5.41, 5.74) is 5.68. The molecule has 0 aromatic heterocycles. The van der Waals surface area contributed by atoms with Gasteiger partial charge >= 0.3 is 6.09 Å². The number of methoxy groups -OCH3 is 1. The summed E-state index contributed by atoms with van der Waals surface area (Å²) in [7, 11) is -0.527. The predicted octanol–water partition coefficient (Wildman–Crippen LogP) is 3.76. The van der Waals surface area contributed by atoms with E-state index in [-0.39, 0.29) is 11.0 Å². The van der Waals surface area contributed by atoms with Crippen LogP contribution in [0, 0.1) is 0 Å². The van der Waals surface area contributed by atoms with Crippen LogP contribution < -0.4 is 15.8 Å². The molecule has 172 valence electrons. The van der Waals surface area contributed by atoms with Crippen molar-refractivity contribution < 1.29 is 22.7 Å². The van der Waals surface area contributed by atoms with Gasteiger partial charge in [-0.05, 0) is 45.7 Å². The number of carbonyl (C=O) groups is 1. The number of hydrogen-bond donors (Lipinski definition) is 2. The summed E-state index contributed by atoms with van der Waals surface area (Å²) in [5, 5.41) is 2.75. The summed E-state index contributed by atoms with van der Waals surface area (Å²) in [6.07, 6.45) is 5.33. The fraction of sp³-hybridized carbons (Fsp3) is 0.667. The van der Waals surface area contributed by atoms with E-state index in [0.717, 1.165) is 38.5 Å². The maximum atomic E-state index is 12.7. The molecule has 1 aromatic carbocycles. The normalized spacial score (nSPS) is 12.1. The number of alkyl carbamates (subject to hydrolysis) is 1. The number of carbonyl (C=O) groups excluding carboxylic acids is 1. The highest BCUT2D eigenvalue weighted by Crippen LogP contribution is 2.26. The van der Waals surface area contributed by atoms with Crippen molar-refractivity contribution in [2.24, 2.45) is 0 Å². The van der Waals surface area contributed by atoms with Gasteiger partial charge in [-0.25, -0.2) is 17.5 Å². The van der Waals surface area contributed by atoms with Crippen LogP contribution in [0.2, 0.25) is 0 Å². The van der Waals surface area contributed by atoms with Crippen LogP contribution in [0.1, 0.15) is 59.3 Å². The lowest BCUT2D eigenvalue weighted by Gasteiger charge is -2.19. The highest BCUT2D eigenvalue weighted by molar-refractivity contribution is 7.89. The van der Waals surface area contributed by atoms with Crippen molar-refractivity contribution in [3.05, 3.63) is 18.2 Å². The Morgan fingerprint density at radius 1 is 1.10 bits per heavy atom. The summed E-state index contributed by atoms with van der Waals surface area (Å²) < 4.78 is 37.0. The summed E-state index contributed by atoms with van der Waals surface area (Å²) in [4.78, 5) is 11.7. The number of nitrogens with zero attached hydrogens (tertiary/aromatic N) is 1. The first-order valence-corrected chi connectivity index (χ1v) is 11.8. The number of amides is 1. The molecular formula is C21H37N3O5S. The number of ether oxygens (including phenoxy) is 2. The highest BCUT2D eigenvalue weighted by Gasteiger charge is 2.21. The minimum absolute atomic E-state index is 0.175. The van der Waals surface area contributed by atoms with E-state index in [1.165, 1.54) is 29.6 Å². The molecule has 0 bridgehead atoms. The number of nitrogens with one attached hydrogen (secondary N) is 1. The van der Waals surface area contributed by atoms with Crippen LogP contribution in [0.15, 0.2) is 23.1 Å². The first kappa shape index (κ1) is 26.0. The second kappa shape index (κ2) is 12.0. The minimum Gasteiger partial charge on any atom is -0.495 e. The van der Waals surface area contributed by atoms with Crippen LogP contribution in [0.25, 0.3) is 0 Å². The van der Waals surface area contributed by atoms with Gasteiger partial charge < -0.3 is 20.5 Å². The first-order valence-electron chi connectivity index (χ1n) is 10.3. The van der Waals surface area contributed by atoms with Gasteiger partial charge in [-0.2, -0.15) is 0 Å². The highest BCUT2D eigenvalue weighted by atomic mass is 32.2. The molecule has 0 atom stereocenters. The van der Waals surface area contributed by atoms with Crippen molar-refractivity contribution in [1.29, 1.82) is 0 Å². The van der Waals surface area contributed by atoms with Crippen molar-refractivity contribution in [2.45, 2.75) is 69.8 Å². The Balaban J connectivity index is 2.23. The summed E-state index contributed by atoms with van der Waals surface area (Å²) in [5.74, 6) is 0.352. The SMILES string of the molecule is COc1cc(S(=O)(=O)N(C)CCCCCCCCNC(=O)OC(C)(C)C)ccc1N. The molecule has 1 rings (SSSR count). The molecule has 0 fully saturated rings. The predicted molar refractivity (Wildman–Crippen MR) is 119 cm³/mol. The van der Waals surface area contributed by atoms with E-state index in [0.29, 0.717) is 24.5 Å². The maximum Gasteiger partial charge on any atom is 0.407 e. The zero-order valence-corrected chi connectivity index (χ0v) is 19.7. The Bertz CT molecular complexity index is 775. The van der Waals surface area contributed by atoms with Gasteiger partial charge in [0.2, 0.25) is 10.0 Å². The molecule has 0 aliphatic rings. The Morgan fingerprint density at radius 3 is 2.30 bits per heavy atom. The van der Waals surface area contributed by atoms with E-state index in [4.69, 9.17) is 15.2 Å². The fourth-order valence-electron chi connectivity index (χ4n) is 2.82. The Hall–Kier alpha value is -2.00. The standard InChI is InChI=1S/C21H37N3O5S/c1-21(2,3)29-20(25)23-14-10-8-6-7-9-11-15-24(4)30(26,27)17-12-13-18(22)19(16-17)28-5/h12-13,16H,6-11,14-15,22H2,1-5H3,(H,23,25). The smallest absolute Gasteiger partial charge is 0.407 e. The average molecular weight is 444 g/mol. The largest absolute Gasteiger partial charge is 0.495 e. The van der Waals surface area contributed by atoms with Crippen LogP contribution in [0.5, 0.6) is 5.75 Å². The van der Waals surface area contributed by atoms with Crippen LogP contribution in [-0.4, -0.2) is 51.7 Å². The second-order valence-corrected chi connectivity index (χ2v) is 10.3. The lowest BCUT2D eigenvalue weighted by Crippen LogP contribution is -2.32. The van der Waals surface area contributed by atoms with Gasteiger partial charge in [0.1, 0.15) is 11.4 Å². The lowest BCUT2D eigenvalue weighted by molar-refractivity contribution is 0.0527. The molecule has 0 saturated heterocycles. The molecule has 0 aliphatic carbocycles. The summed E-state index contributed by atoms with van der Waals surface area (Å²) in [6, 6.07) is 4.48. The van der Waals surface area contributed by atoms with Crippen LogP contribution in [-0.2, 0) is 14.8 Å². The molecule has 1 amide bonds. The number of hydrogen-bond acceptors (Lipinski definition) is 6. The fourth-order valence-corrected chi connectivity index (χ4v) is 4.05. The van der Waals surface area contributed by atoms with Crippen LogP contribution >= 0.6 is 0 Å². The van der Waals surface area contributed by atoms with E-state index in [2.05, 4.69) is 5.32 Å². The molecule has 9 heteroatoms. The zero-order chi connectivity index (χ0) is 22.8. The van der Waals surface area contributed by atoms with E-state index in [9.17, 15) is 13.2 Å². The molecule has 0 heterocycles. The number of rotatable bonds is 12. The summed E-state index contributed by atoms with van der Waals surface area (Å²) in [6.45, 7) is 6.56. The van der Waals surface area contributed by atoms with Gasteiger partial charge in [0.05, 0.1) is 17.7 Å². The summed E-state index contributed by atoms with van der Waals surface area (Å²) >= 11 is 0. The van der Waals surface area contributed by atoms with Gasteiger partial charge in [0.15, 0.2) is 0 Å². The van der Waals surface area contributed by atoms with Crippen molar-refractivity contribution in [1.82, 2.24) is 9.62 Å². The van der Waals surface area contributed by atoms with Crippen LogP contribution in [0.3, 0.4) is 0 Å². The topological polar surface area (TPSA) is 111 Å². The molecule has 0 unspecified atom stereocenters. The number of anilines is 1. The first-order chi connectivity index (χ1) is 14.0. The molecule has 3 N–H and O–H groups in total. The molecule has 30 heavy (non-hydrogen) atoms. The molecule has 0 spiro atoms.